The molecule has 1 N–H and O–H groups in total. The normalized spacial score (nSPS) is 10.7. The monoisotopic (exact) mass is 362 g/mol. The van der Waals surface area contributed by atoms with Crippen LogP contribution in [0, 0.1) is 10.1 Å². The van der Waals surface area contributed by atoms with Crippen molar-refractivity contribution < 1.29 is 14.1 Å². The fourth-order valence-electron chi connectivity index (χ4n) is 2.70. The van der Waals surface area contributed by atoms with E-state index in [2.05, 4.69) is 15.3 Å². The van der Waals surface area contributed by atoms with Gasteiger partial charge in [-0.15, -0.1) is 0 Å². The predicted octanol–water partition coefficient (Wildman–Crippen LogP) is 4.54. The van der Waals surface area contributed by atoms with E-state index in [1.54, 1.807) is 18.2 Å². The van der Waals surface area contributed by atoms with Gasteiger partial charge in [-0.3, -0.25) is 10.1 Å². The molecular weight excluding hydrogens is 348 g/mol. The molecule has 0 atom stereocenters. The highest BCUT2D eigenvalue weighted by molar-refractivity contribution is 5.88. The SMILES string of the molecule is O=[N+]([O-])c1c(NCc2ccco2)ncnc1Oc1cccc2ccccc12. The van der Waals surface area contributed by atoms with Gasteiger partial charge in [0.15, 0.2) is 0 Å². The number of rotatable bonds is 6. The minimum Gasteiger partial charge on any atom is -0.467 e. The number of nitrogens with zero attached hydrogens (tertiary/aromatic N) is 3. The van der Waals surface area contributed by atoms with Crippen LogP contribution in [0.3, 0.4) is 0 Å². The molecule has 4 rings (SSSR count). The highest BCUT2D eigenvalue weighted by Crippen LogP contribution is 2.36. The smallest absolute Gasteiger partial charge is 0.373 e. The highest BCUT2D eigenvalue weighted by atomic mass is 16.6. The minimum atomic E-state index is -0.565. The molecule has 0 spiro atoms. The first-order valence-corrected chi connectivity index (χ1v) is 8.13. The Labute approximate surface area is 153 Å². The predicted molar refractivity (Wildman–Crippen MR) is 98.7 cm³/mol. The molecule has 0 fully saturated rings. The third kappa shape index (κ3) is 3.40. The zero-order valence-electron chi connectivity index (χ0n) is 14.0. The van der Waals surface area contributed by atoms with Crippen molar-refractivity contribution in [3.8, 4) is 11.6 Å². The van der Waals surface area contributed by atoms with E-state index in [0.29, 0.717) is 11.5 Å². The summed E-state index contributed by atoms with van der Waals surface area (Å²) in [7, 11) is 0. The number of ether oxygens (including phenoxy) is 1. The number of hydrogen-bond acceptors (Lipinski definition) is 7. The van der Waals surface area contributed by atoms with Crippen molar-refractivity contribution in [3.63, 3.8) is 0 Å². The van der Waals surface area contributed by atoms with Crippen LogP contribution in [0.4, 0.5) is 11.5 Å². The lowest BCUT2D eigenvalue weighted by Gasteiger charge is -2.10. The molecule has 0 aliphatic rings. The average molecular weight is 362 g/mol. The third-order valence-corrected chi connectivity index (χ3v) is 3.94. The van der Waals surface area contributed by atoms with Crippen LogP contribution in [-0.4, -0.2) is 14.9 Å². The average Bonchev–Trinajstić information content (AvgIpc) is 3.20. The molecule has 27 heavy (non-hydrogen) atoms. The van der Waals surface area contributed by atoms with Crippen molar-refractivity contribution in [3.05, 3.63) is 83.1 Å². The second-order valence-corrected chi connectivity index (χ2v) is 5.65. The number of fused-ring (bicyclic) bond motifs is 1. The lowest BCUT2D eigenvalue weighted by molar-refractivity contribution is -0.385. The summed E-state index contributed by atoms with van der Waals surface area (Å²) in [5, 5.41) is 16.3. The zero-order valence-corrected chi connectivity index (χ0v) is 14.0. The van der Waals surface area contributed by atoms with Crippen LogP contribution in [0.2, 0.25) is 0 Å². The molecule has 2 aromatic carbocycles. The van der Waals surface area contributed by atoms with E-state index in [9.17, 15) is 10.1 Å². The first-order valence-electron chi connectivity index (χ1n) is 8.13. The van der Waals surface area contributed by atoms with Crippen molar-refractivity contribution in [2.24, 2.45) is 0 Å². The van der Waals surface area contributed by atoms with Crippen molar-refractivity contribution in [1.82, 2.24) is 9.97 Å². The first-order chi connectivity index (χ1) is 13.2. The summed E-state index contributed by atoms with van der Waals surface area (Å²) in [4.78, 5) is 19.0. The van der Waals surface area contributed by atoms with E-state index in [-0.39, 0.29) is 23.9 Å². The molecule has 134 valence electrons. The minimum absolute atomic E-state index is 0.0571. The van der Waals surface area contributed by atoms with Crippen LogP contribution in [0.1, 0.15) is 5.76 Å². The molecule has 0 saturated carbocycles. The summed E-state index contributed by atoms with van der Waals surface area (Å²) in [6, 6.07) is 16.6. The van der Waals surface area contributed by atoms with E-state index in [4.69, 9.17) is 9.15 Å². The van der Waals surface area contributed by atoms with E-state index in [1.165, 1.54) is 12.6 Å². The van der Waals surface area contributed by atoms with Crippen molar-refractivity contribution in [2.75, 3.05) is 5.32 Å². The Morgan fingerprint density at radius 3 is 2.74 bits per heavy atom. The Kier molecular flexibility index (Phi) is 4.36. The molecule has 0 saturated heterocycles. The number of benzene rings is 2. The molecule has 8 heteroatoms. The molecule has 2 heterocycles. The first kappa shape index (κ1) is 16.5. The van der Waals surface area contributed by atoms with Crippen molar-refractivity contribution in [2.45, 2.75) is 6.54 Å². The van der Waals surface area contributed by atoms with E-state index in [1.807, 2.05) is 36.4 Å². The van der Waals surface area contributed by atoms with Gasteiger partial charge in [0.2, 0.25) is 5.82 Å². The topological polar surface area (TPSA) is 103 Å². The second-order valence-electron chi connectivity index (χ2n) is 5.65. The number of aromatic nitrogens is 2. The van der Waals surface area contributed by atoms with Crippen LogP contribution in [0.25, 0.3) is 10.8 Å². The molecule has 0 aliphatic heterocycles. The van der Waals surface area contributed by atoms with Crippen LogP contribution < -0.4 is 10.1 Å². The van der Waals surface area contributed by atoms with Crippen LogP contribution in [0.5, 0.6) is 11.6 Å². The second kappa shape index (κ2) is 7.12. The number of anilines is 1. The quantitative estimate of drug-likeness (QED) is 0.397. The van der Waals surface area contributed by atoms with Gasteiger partial charge in [-0.2, -0.15) is 4.98 Å². The zero-order chi connectivity index (χ0) is 18.6. The summed E-state index contributed by atoms with van der Waals surface area (Å²) in [5.74, 6) is 1.03. The maximum absolute atomic E-state index is 11.6. The number of nitro groups is 1. The number of furan rings is 1. The molecular formula is C19H14N4O4. The summed E-state index contributed by atoms with van der Waals surface area (Å²) in [6.45, 7) is 0.249. The van der Waals surface area contributed by atoms with Gasteiger partial charge in [-0.05, 0) is 23.6 Å². The summed E-state index contributed by atoms with van der Waals surface area (Å²) >= 11 is 0. The van der Waals surface area contributed by atoms with E-state index in [0.717, 1.165) is 10.8 Å². The maximum atomic E-state index is 11.6. The van der Waals surface area contributed by atoms with E-state index >= 15 is 0 Å². The molecule has 0 bridgehead atoms. The lowest BCUT2D eigenvalue weighted by atomic mass is 10.1. The standard InChI is InChI=1S/C19H14N4O4/c24-23(25)17-18(20-11-14-7-4-10-26-14)21-12-22-19(17)27-16-9-3-6-13-5-1-2-8-15(13)16/h1-10,12H,11H2,(H,20,21,22). The highest BCUT2D eigenvalue weighted by Gasteiger charge is 2.25. The number of nitrogens with one attached hydrogen (secondary N) is 1. The Morgan fingerprint density at radius 2 is 1.93 bits per heavy atom. The molecule has 2 aromatic heterocycles. The van der Waals surface area contributed by atoms with Gasteiger partial charge in [0.25, 0.3) is 0 Å². The maximum Gasteiger partial charge on any atom is 0.373 e. The third-order valence-electron chi connectivity index (χ3n) is 3.94. The van der Waals surface area contributed by atoms with Gasteiger partial charge < -0.3 is 14.5 Å². The van der Waals surface area contributed by atoms with Gasteiger partial charge in [-0.1, -0.05) is 36.4 Å². The van der Waals surface area contributed by atoms with Gasteiger partial charge in [-0.25, -0.2) is 4.98 Å². The lowest BCUT2D eigenvalue weighted by Crippen LogP contribution is -2.06. The van der Waals surface area contributed by atoms with E-state index < -0.39 is 4.92 Å². The molecule has 4 aromatic rings. The molecule has 0 unspecified atom stereocenters. The Morgan fingerprint density at radius 1 is 1.07 bits per heavy atom. The van der Waals surface area contributed by atoms with Crippen LogP contribution >= 0.6 is 0 Å². The van der Waals surface area contributed by atoms with Gasteiger partial charge in [0.05, 0.1) is 17.7 Å². The summed E-state index contributed by atoms with van der Waals surface area (Å²) < 4.78 is 11.0. The van der Waals surface area contributed by atoms with Crippen LogP contribution in [0.15, 0.2) is 71.6 Å². The largest absolute Gasteiger partial charge is 0.467 e. The number of hydrogen-bond donors (Lipinski definition) is 1. The van der Waals surface area contributed by atoms with Crippen molar-refractivity contribution in [1.29, 1.82) is 0 Å². The van der Waals surface area contributed by atoms with Gasteiger partial charge in [0, 0.05) is 5.39 Å². The molecule has 0 radical (unpaired) electrons. The Bertz CT molecular complexity index is 1090. The van der Waals surface area contributed by atoms with Crippen molar-refractivity contribution >= 4 is 22.3 Å². The molecule has 0 amide bonds. The fourth-order valence-corrected chi connectivity index (χ4v) is 2.70. The fraction of sp³-hybridized carbons (Fsp3) is 0.0526. The van der Waals surface area contributed by atoms with Gasteiger partial charge in [0.1, 0.15) is 17.8 Å². The summed E-state index contributed by atoms with van der Waals surface area (Å²) in [5.41, 5.74) is -0.336. The van der Waals surface area contributed by atoms with Gasteiger partial charge >= 0.3 is 11.6 Å². The van der Waals surface area contributed by atoms with Crippen LogP contribution in [-0.2, 0) is 6.54 Å². The molecule has 0 aliphatic carbocycles. The Balaban J connectivity index is 1.69. The Hall–Kier alpha value is -3.94. The molecule has 8 nitrogen and oxygen atoms in total. The summed E-state index contributed by atoms with van der Waals surface area (Å²) in [6.07, 6.45) is 2.75.